The van der Waals surface area contributed by atoms with Gasteiger partial charge in [-0.2, -0.15) is 0 Å². The molecule has 1 aromatic heterocycles. The number of guanidine groups is 1. The van der Waals surface area contributed by atoms with Crippen molar-refractivity contribution in [1.82, 2.24) is 15.5 Å². The zero-order chi connectivity index (χ0) is 20.3. The third-order valence-electron chi connectivity index (χ3n) is 5.39. The Balaban J connectivity index is 0.00000320. The van der Waals surface area contributed by atoms with E-state index in [1.54, 1.807) is 13.4 Å². The highest BCUT2D eigenvalue weighted by Gasteiger charge is 2.20. The highest BCUT2D eigenvalue weighted by atomic mass is 127. The lowest BCUT2D eigenvalue weighted by molar-refractivity contribution is 0.197. The highest BCUT2D eigenvalue weighted by Crippen LogP contribution is 2.16. The van der Waals surface area contributed by atoms with E-state index in [0.29, 0.717) is 19.2 Å². The fraction of sp³-hybridized carbons (Fsp3) is 0.522. The van der Waals surface area contributed by atoms with Crippen molar-refractivity contribution in [3.05, 3.63) is 59.5 Å². The van der Waals surface area contributed by atoms with Crippen molar-refractivity contribution in [2.45, 2.75) is 38.8 Å². The lowest BCUT2D eigenvalue weighted by Crippen LogP contribution is -2.49. The first kappa shape index (κ1) is 24.7. The van der Waals surface area contributed by atoms with Crippen molar-refractivity contribution in [2.75, 3.05) is 39.9 Å². The Morgan fingerprint density at radius 1 is 1.20 bits per heavy atom. The van der Waals surface area contributed by atoms with Crippen LogP contribution >= 0.6 is 24.0 Å². The molecule has 1 aromatic carbocycles. The maximum absolute atomic E-state index is 5.41. The maximum atomic E-state index is 5.41. The average molecular weight is 526 g/mol. The lowest BCUT2D eigenvalue weighted by Gasteiger charge is -2.33. The average Bonchev–Trinajstić information content (AvgIpc) is 3.25. The summed E-state index contributed by atoms with van der Waals surface area (Å²) in [6.45, 7) is 7.50. The van der Waals surface area contributed by atoms with Crippen molar-refractivity contribution in [3.8, 4) is 0 Å². The van der Waals surface area contributed by atoms with Gasteiger partial charge in [-0.25, -0.2) is 0 Å². The minimum Gasteiger partial charge on any atom is -0.469 e. The van der Waals surface area contributed by atoms with Crippen molar-refractivity contribution in [1.29, 1.82) is 0 Å². The second-order valence-corrected chi connectivity index (χ2v) is 7.60. The van der Waals surface area contributed by atoms with Crippen LogP contribution in [0.2, 0.25) is 0 Å². The number of rotatable bonds is 9. The van der Waals surface area contributed by atoms with Crippen LogP contribution in [0.3, 0.4) is 0 Å². The molecule has 0 amide bonds. The van der Waals surface area contributed by atoms with Gasteiger partial charge in [-0.3, -0.25) is 9.89 Å². The third-order valence-corrected chi connectivity index (χ3v) is 5.39. The number of ether oxygens (including phenoxy) is 1. The molecule has 30 heavy (non-hydrogen) atoms. The summed E-state index contributed by atoms with van der Waals surface area (Å²) in [5.74, 6) is 1.85. The molecule has 0 bridgehead atoms. The molecule has 0 spiro atoms. The van der Waals surface area contributed by atoms with Gasteiger partial charge < -0.3 is 19.8 Å². The fourth-order valence-corrected chi connectivity index (χ4v) is 3.62. The largest absolute Gasteiger partial charge is 0.469 e. The van der Waals surface area contributed by atoms with Gasteiger partial charge in [0.1, 0.15) is 5.76 Å². The molecule has 2 heterocycles. The van der Waals surface area contributed by atoms with Crippen LogP contribution in [-0.4, -0.2) is 56.8 Å². The Kier molecular flexibility index (Phi) is 11.2. The number of nitrogens with one attached hydrogen (secondary N) is 2. The number of aliphatic imine (C=N–C) groups is 1. The summed E-state index contributed by atoms with van der Waals surface area (Å²) in [6, 6.07) is 13.0. The first-order chi connectivity index (χ1) is 14.2. The number of hydrogen-bond acceptors (Lipinski definition) is 4. The van der Waals surface area contributed by atoms with Crippen LogP contribution < -0.4 is 10.6 Å². The molecule has 1 fully saturated rings. The van der Waals surface area contributed by atoms with E-state index in [0.717, 1.165) is 57.2 Å². The summed E-state index contributed by atoms with van der Waals surface area (Å²) in [6.07, 6.45) is 4.79. The van der Waals surface area contributed by atoms with Crippen molar-refractivity contribution in [3.63, 3.8) is 0 Å². The molecule has 0 saturated carbocycles. The number of furan rings is 1. The van der Waals surface area contributed by atoms with Crippen LogP contribution in [0.5, 0.6) is 0 Å². The topological polar surface area (TPSA) is 62.0 Å². The Labute approximate surface area is 197 Å². The predicted molar refractivity (Wildman–Crippen MR) is 133 cm³/mol. The van der Waals surface area contributed by atoms with Gasteiger partial charge in [-0.05, 0) is 43.0 Å². The molecule has 0 radical (unpaired) electrons. The molecule has 0 atom stereocenters. The van der Waals surface area contributed by atoms with Gasteiger partial charge in [0.05, 0.1) is 19.4 Å². The molecular formula is C23H35IN4O2. The second-order valence-electron chi connectivity index (χ2n) is 7.60. The molecule has 3 rings (SSSR count). The van der Waals surface area contributed by atoms with Gasteiger partial charge in [0.25, 0.3) is 0 Å². The fourth-order valence-electron chi connectivity index (χ4n) is 3.62. The SMILES string of the molecule is COCCN=C(NCCc1ccco1)NC1CCN(Cc2ccccc2C)CC1.I. The van der Waals surface area contributed by atoms with Gasteiger partial charge >= 0.3 is 0 Å². The van der Waals surface area contributed by atoms with Gasteiger partial charge in [0, 0.05) is 45.8 Å². The summed E-state index contributed by atoms with van der Waals surface area (Å²) in [4.78, 5) is 7.20. The zero-order valence-corrected chi connectivity index (χ0v) is 20.4. The summed E-state index contributed by atoms with van der Waals surface area (Å²) < 4.78 is 10.5. The van der Waals surface area contributed by atoms with E-state index in [-0.39, 0.29) is 24.0 Å². The number of aryl methyl sites for hydroxylation is 1. The minimum absolute atomic E-state index is 0. The number of halogens is 1. The molecular weight excluding hydrogens is 491 g/mol. The molecule has 6 nitrogen and oxygen atoms in total. The summed E-state index contributed by atoms with van der Waals surface area (Å²) in [7, 11) is 1.71. The van der Waals surface area contributed by atoms with Crippen LogP contribution in [0.4, 0.5) is 0 Å². The predicted octanol–water partition coefficient (Wildman–Crippen LogP) is 3.59. The quantitative estimate of drug-likeness (QED) is 0.226. The normalized spacial score (nSPS) is 15.6. The zero-order valence-electron chi connectivity index (χ0n) is 18.1. The molecule has 2 N–H and O–H groups in total. The van der Waals surface area contributed by atoms with Crippen LogP contribution in [0.25, 0.3) is 0 Å². The van der Waals surface area contributed by atoms with Crippen molar-refractivity contribution < 1.29 is 9.15 Å². The monoisotopic (exact) mass is 526 g/mol. The van der Waals surface area contributed by atoms with E-state index < -0.39 is 0 Å². The molecule has 1 aliphatic heterocycles. The van der Waals surface area contributed by atoms with E-state index in [4.69, 9.17) is 9.15 Å². The smallest absolute Gasteiger partial charge is 0.191 e. The van der Waals surface area contributed by atoms with E-state index in [1.807, 2.05) is 12.1 Å². The molecule has 166 valence electrons. The number of piperidine rings is 1. The number of benzene rings is 1. The van der Waals surface area contributed by atoms with Crippen LogP contribution in [0.1, 0.15) is 29.7 Å². The van der Waals surface area contributed by atoms with E-state index >= 15 is 0 Å². The summed E-state index contributed by atoms with van der Waals surface area (Å²) in [5, 5.41) is 7.05. The summed E-state index contributed by atoms with van der Waals surface area (Å²) in [5.41, 5.74) is 2.81. The van der Waals surface area contributed by atoms with Crippen LogP contribution in [0.15, 0.2) is 52.1 Å². The van der Waals surface area contributed by atoms with Crippen molar-refractivity contribution in [2.24, 2.45) is 4.99 Å². The number of likely N-dealkylation sites (tertiary alicyclic amines) is 1. The Bertz CT molecular complexity index is 743. The molecule has 7 heteroatoms. The van der Waals surface area contributed by atoms with E-state index in [1.165, 1.54) is 11.1 Å². The first-order valence-electron chi connectivity index (χ1n) is 10.6. The second kappa shape index (κ2) is 13.7. The lowest BCUT2D eigenvalue weighted by atomic mass is 10.0. The Morgan fingerprint density at radius 3 is 2.70 bits per heavy atom. The van der Waals surface area contributed by atoms with Crippen LogP contribution in [-0.2, 0) is 17.7 Å². The number of hydrogen-bond donors (Lipinski definition) is 2. The van der Waals surface area contributed by atoms with Gasteiger partial charge in [0.15, 0.2) is 5.96 Å². The van der Waals surface area contributed by atoms with Crippen molar-refractivity contribution >= 4 is 29.9 Å². The first-order valence-corrected chi connectivity index (χ1v) is 10.6. The highest BCUT2D eigenvalue weighted by molar-refractivity contribution is 14.0. The van der Waals surface area contributed by atoms with Crippen LogP contribution in [0, 0.1) is 6.92 Å². The molecule has 1 aliphatic rings. The third kappa shape index (κ3) is 8.28. The standard InChI is InChI=1S/C23H34N4O2.HI/c1-19-6-3-4-7-20(19)18-27-14-10-21(11-15-27)26-23(25-13-17-28-2)24-12-9-22-8-5-16-29-22;/h3-8,16,21H,9-15,17-18H2,1-2H3,(H2,24,25,26);1H. The maximum Gasteiger partial charge on any atom is 0.191 e. The molecule has 2 aromatic rings. The molecule has 0 unspecified atom stereocenters. The van der Waals surface area contributed by atoms with Gasteiger partial charge in [0.2, 0.25) is 0 Å². The molecule has 1 saturated heterocycles. The Hall–Kier alpha value is -1.58. The molecule has 0 aliphatic carbocycles. The number of methoxy groups -OCH3 is 1. The minimum atomic E-state index is 0. The van der Waals surface area contributed by atoms with E-state index in [9.17, 15) is 0 Å². The van der Waals surface area contributed by atoms with E-state index in [2.05, 4.69) is 51.7 Å². The Morgan fingerprint density at radius 2 is 2.00 bits per heavy atom. The van der Waals surface area contributed by atoms with Gasteiger partial charge in [-0.1, -0.05) is 24.3 Å². The number of nitrogens with zero attached hydrogens (tertiary/aromatic N) is 2. The van der Waals surface area contributed by atoms with Gasteiger partial charge in [-0.15, -0.1) is 24.0 Å². The summed E-state index contributed by atoms with van der Waals surface area (Å²) >= 11 is 0.